The fourth-order valence-electron chi connectivity index (χ4n) is 3.84. The lowest BCUT2D eigenvalue weighted by Crippen LogP contribution is -2.45. The fraction of sp³-hybridized carbons (Fsp3) is 0.250. The molecule has 0 spiro atoms. The van der Waals surface area contributed by atoms with E-state index < -0.39 is 9.84 Å². The third-order valence-electron chi connectivity index (χ3n) is 5.61. The summed E-state index contributed by atoms with van der Waals surface area (Å²) >= 11 is 0. The molecule has 2 amide bonds. The average Bonchev–Trinajstić information content (AvgIpc) is 2.83. The number of likely N-dealkylation sites (tertiary alicyclic amines) is 1. The topological polar surface area (TPSA) is 121 Å². The van der Waals surface area contributed by atoms with Crippen molar-refractivity contribution in [2.24, 2.45) is 0 Å². The molecule has 2 heterocycles. The molecule has 34 heavy (non-hydrogen) atoms. The second kappa shape index (κ2) is 9.60. The maximum Gasteiger partial charge on any atom is 0.253 e. The molecule has 1 atom stereocenters. The fourth-order valence-corrected chi connectivity index (χ4v) is 4.48. The van der Waals surface area contributed by atoms with Crippen LogP contribution in [0.5, 0.6) is 0 Å². The van der Waals surface area contributed by atoms with Crippen LogP contribution in [0.4, 0.5) is 11.6 Å². The summed E-state index contributed by atoms with van der Waals surface area (Å²) in [5.41, 5.74) is 1.66. The summed E-state index contributed by atoms with van der Waals surface area (Å²) in [7, 11) is -3.34. The molecular weight excluding hydrogens is 454 g/mol. The van der Waals surface area contributed by atoms with E-state index in [1.54, 1.807) is 47.5 Å². The van der Waals surface area contributed by atoms with E-state index in [9.17, 15) is 18.0 Å². The van der Waals surface area contributed by atoms with Gasteiger partial charge >= 0.3 is 0 Å². The maximum absolute atomic E-state index is 13.0. The van der Waals surface area contributed by atoms with E-state index in [4.69, 9.17) is 0 Å². The third-order valence-corrected chi connectivity index (χ3v) is 6.72. The van der Waals surface area contributed by atoms with Gasteiger partial charge in [0, 0.05) is 48.2 Å². The number of nitrogens with zero attached hydrogens (tertiary/aromatic N) is 3. The van der Waals surface area contributed by atoms with Crippen LogP contribution in [0.15, 0.2) is 66.2 Å². The Balaban J connectivity index is 1.44. The molecule has 0 aliphatic carbocycles. The molecule has 4 rings (SSSR count). The molecule has 0 radical (unpaired) electrons. The van der Waals surface area contributed by atoms with Gasteiger partial charge in [-0.25, -0.2) is 18.4 Å². The first-order valence-corrected chi connectivity index (χ1v) is 12.7. The number of fused-ring (bicyclic) bond motifs is 1. The molecule has 9 nitrogen and oxygen atoms in total. The van der Waals surface area contributed by atoms with Crippen molar-refractivity contribution in [1.29, 1.82) is 0 Å². The summed E-state index contributed by atoms with van der Waals surface area (Å²) in [6, 6.07) is 11.5. The van der Waals surface area contributed by atoms with Gasteiger partial charge < -0.3 is 15.5 Å². The molecule has 1 fully saturated rings. The van der Waals surface area contributed by atoms with Crippen molar-refractivity contribution < 1.29 is 18.0 Å². The first-order chi connectivity index (χ1) is 16.2. The molecule has 10 heteroatoms. The van der Waals surface area contributed by atoms with Crippen molar-refractivity contribution in [3.63, 3.8) is 0 Å². The van der Waals surface area contributed by atoms with Crippen LogP contribution in [0.1, 0.15) is 23.2 Å². The number of carbonyl (C=O) groups excluding carboxylic acids is 2. The Bertz CT molecular complexity index is 1360. The molecule has 1 aromatic heterocycles. The lowest BCUT2D eigenvalue weighted by Gasteiger charge is -2.33. The second-order valence-corrected chi connectivity index (χ2v) is 10.2. The number of piperidine rings is 1. The second-order valence-electron chi connectivity index (χ2n) is 8.19. The number of hydrogen-bond donors (Lipinski definition) is 2. The summed E-state index contributed by atoms with van der Waals surface area (Å²) in [6.07, 6.45) is 5.66. The van der Waals surface area contributed by atoms with E-state index in [0.29, 0.717) is 35.8 Å². The Morgan fingerprint density at radius 3 is 2.65 bits per heavy atom. The molecule has 0 bridgehead atoms. The summed E-state index contributed by atoms with van der Waals surface area (Å²) < 4.78 is 23.7. The van der Waals surface area contributed by atoms with Crippen molar-refractivity contribution in [3.05, 3.63) is 66.9 Å². The highest BCUT2D eigenvalue weighted by Gasteiger charge is 2.25. The molecule has 176 valence electrons. The number of nitrogens with one attached hydrogen (secondary N) is 2. The normalized spacial score (nSPS) is 16.1. The van der Waals surface area contributed by atoms with Gasteiger partial charge in [-0.15, -0.1) is 0 Å². The molecule has 3 aromatic rings. The number of hydrogen-bond acceptors (Lipinski definition) is 7. The van der Waals surface area contributed by atoms with Crippen LogP contribution < -0.4 is 10.6 Å². The molecule has 2 aromatic carbocycles. The van der Waals surface area contributed by atoms with Gasteiger partial charge in [0.1, 0.15) is 0 Å². The molecule has 1 aliphatic rings. The lowest BCUT2D eigenvalue weighted by molar-refractivity contribution is -0.111. The zero-order valence-corrected chi connectivity index (χ0v) is 19.5. The van der Waals surface area contributed by atoms with E-state index in [1.165, 1.54) is 12.1 Å². The van der Waals surface area contributed by atoms with Crippen LogP contribution in [0.25, 0.3) is 10.9 Å². The Labute approximate surface area is 197 Å². The summed E-state index contributed by atoms with van der Waals surface area (Å²) in [6.45, 7) is 4.54. The minimum absolute atomic E-state index is 0.0422. The summed E-state index contributed by atoms with van der Waals surface area (Å²) in [4.78, 5) is 35.2. The van der Waals surface area contributed by atoms with Crippen LogP contribution in [-0.2, 0) is 14.6 Å². The number of amides is 2. The van der Waals surface area contributed by atoms with Crippen molar-refractivity contribution in [3.8, 4) is 0 Å². The van der Waals surface area contributed by atoms with Gasteiger partial charge in [-0.1, -0.05) is 6.58 Å². The lowest BCUT2D eigenvalue weighted by atomic mass is 10.0. The van der Waals surface area contributed by atoms with Gasteiger partial charge in [0.25, 0.3) is 5.91 Å². The van der Waals surface area contributed by atoms with E-state index in [-0.39, 0.29) is 22.8 Å². The van der Waals surface area contributed by atoms with Crippen LogP contribution >= 0.6 is 0 Å². The Hall–Kier alpha value is -3.79. The van der Waals surface area contributed by atoms with E-state index >= 15 is 0 Å². The Morgan fingerprint density at radius 2 is 1.94 bits per heavy atom. The first kappa shape index (κ1) is 23.4. The highest BCUT2D eigenvalue weighted by atomic mass is 32.2. The minimum atomic E-state index is -3.34. The SMILES string of the molecule is C=CC(=O)Nc1ccc(C(=O)N2CCCC(Nc3ncc4ccc(S(C)(=O)=O)cc4n3)C2)cc1. The average molecular weight is 480 g/mol. The largest absolute Gasteiger partial charge is 0.350 e. The zero-order valence-electron chi connectivity index (χ0n) is 18.7. The number of benzene rings is 2. The highest BCUT2D eigenvalue weighted by molar-refractivity contribution is 7.90. The number of rotatable bonds is 6. The number of sulfone groups is 1. The quantitative estimate of drug-likeness (QED) is 0.522. The number of carbonyl (C=O) groups is 2. The highest BCUT2D eigenvalue weighted by Crippen LogP contribution is 2.21. The molecule has 1 unspecified atom stereocenters. The van der Waals surface area contributed by atoms with Gasteiger partial charge in [-0.3, -0.25) is 9.59 Å². The van der Waals surface area contributed by atoms with Crippen LogP contribution in [0, 0.1) is 0 Å². The van der Waals surface area contributed by atoms with Crippen LogP contribution in [0.3, 0.4) is 0 Å². The first-order valence-electron chi connectivity index (χ1n) is 10.8. The van der Waals surface area contributed by atoms with Crippen molar-refractivity contribution in [2.75, 3.05) is 30.0 Å². The van der Waals surface area contributed by atoms with Crippen molar-refractivity contribution >= 4 is 44.2 Å². The number of anilines is 2. The number of aromatic nitrogens is 2. The van der Waals surface area contributed by atoms with Crippen molar-refractivity contribution in [1.82, 2.24) is 14.9 Å². The molecule has 2 N–H and O–H groups in total. The third kappa shape index (κ3) is 5.40. The predicted octanol–water partition coefficient (Wildman–Crippen LogP) is 2.87. The molecule has 0 saturated carbocycles. The van der Waals surface area contributed by atoms with Gasteiger partial charge in [-0.05, 0) is 61.4 Å². The standard InChI is InChI=1S/C24H25N5O4S/c1-3-22(30)26-18-9-6-16(7-10-18)23(31)29-12-4-5-19(15-29)27-24-25-14-17-8-11-20(34(2,32)33)13-21(17)28-24/h3,6-11,13-14,19H,1,4-5,12,15H2,2H3,(H,26,30)(H,25,27,28). The minimum Gasteiger partial charge on any atom is -0.350 e. The Kier molecular flexibility index (Phi) is 6.60. The van der Waals surface area contributed by atoms with Gasteiger partial charge in [-0.2, -0.15) is 0 Å². The van der Waals surface area contributed by atoms with E-state index in [0.717, 1.165) is 24.5 Å². The zero-order chi connectivity index (χ0) is 24.3. The smallest absolute Gasteiger partial charge is 0.253 e. The Morgan fingerprint density at radius 1 is 1.18 bits per heavy atom. The monoisotopic (exact) mass is 479 g/mol. The van der Waals surface area contributed by atoms with E-state index in [2.05, 4.69) is 27.2 Å². The van der Waals surface area contributed by atoms with Crippen molar-refractivity contribution in [2.45, 2.75) is 23.8 Å². The van der Waals surface area contributed by atoms with Crippen LogP contribution in [0.2, 0.25) is 0 Å². The molecule has 1 aliphatic heterocycles. The van der Waals surface area contributed by atoms with Crippen LogP contribution in [-0.4, -0.2) is 60.5 Å². The predicted molar refractivity (Wildman–Crippen MR) is 130 cm³/mol. The van der Waals surface area contributed by atoms with Gasteiger partial charge in [0.2, 0.25) is 11.9 Å². The maximum atomic E-state index is 13.0. The van der Waals surface area contributed by atoms with Gasteiger partial charge in [0.05, 0.1) is 10.4 Å². The molecule has 1 saturated heterocycles. The molecular formula is C24H25N5O4S. The van der Waals surface area contributed by atoms with Gasteiger partial charge in [0.15, 0.2) is 9.84 Å². The van der Waals surface area contributed by atoms with E-state index in [1.807, 2.05) is 0 Å². The summed E-state index contributed by atoms with van der Waals surface area (Å²) in [5, 5.41) is 6.68. The summed E-state index contributed by atoms with van der Waals surface area (Å²) in [5.74, 6) is -0.0161.